The molecule has 1 saturated heterocycles. The monoisotopic (exact) mass is 223 g/mol. The molecule has 0 amide bonds. The molecule has 0 aromatic rings. The van der Waals surface area contributed by atoms with Crippen molar-refractivity contribution in [2.24, 2.45) is 0 Å². The van der Waals surface area contributed by atoms with Crippen LogP contribution >= 0.6 is 7.60 Å². The highest BCUT2D eigenvalue weighted by Crippen LogP contribution is 2.54. The Morgan fingerprint density at radius 3 is 2.36 bits per heavy atom. The maximum Gasteiger partial charge on any atom is 0.347 e. The Hall–Kier alpha value is 0.0700. The van der Waals surface area contributed by atoms with E-state index in [1.807, 2.05) is 0 Å². The van der Waals surface area contributed by atoms with Gasteiger partial charge in [0.1, 0.15) is 5.78 Å². The van der Waals surface area contributed by atoms with Crippen molar-refractivity contribution >= 4 is 7.60 Å². The Labute approximate surface area is 84.3 Å². The van der Waals surface area contributed by atoms with Crippen LogP contribution in [0.4, 0.5) is 0 Å². The van der Waals surface area contributed by atoms with Gasteiger partial charge in [-0.1, -0.05) is 0 Å². The molecule has 6 heteroatoms. The molecule has 0 aromatic heterocycles. The second-order valence-corrected chi connectivity index (χ2v) is 5.41. The zero-order valence-electron chi connectivity index (χ0n) is 8.60. The zero-order chi connectivity index (χ0) is 10.6. The van der Waals surface area contributed by atoms with Gasteiger partial charge in [0.05, 0.1) is 19.3 Å². The van der Waals surface area contributed by atoms with Crippen molar-refractivity contribution in [3.63, 3.8) is 0 Å². The molecule has 1 aliphatic rings. The summed E-state index contributed by atoms with van der Waals surface area (Å²) in [6.07, 6.45) is -0.0219. The van der Waals surface area contributed by atoms with Crippen LogP contribution in [-0.4, -0.2) is 36.8 Å². The van der Waals surface area contributed by atoms with Gasteiger partial charge < -0.3 is 19.5 Å². The van der Waals surface area contributed by atoms with Crippen LogP contribution in [0, 0.1) is 0 Å². The van der Waals surface area contributed by atoms with Gasteiger partial charge in [0.2, 0.25) is 0 Å². The molecule has 0 aliphatic carbocycles. The largest absolute Gasteiger partial charge is 0.392 e. The second-order valence-electron chi connectivity index (χ2n) is 3.19. The molecular weight excluding hydrogens is 205 g/mol. The summed E-state index contributed by atoms with van der Waals surface area (Å²) in [5, 5.41) is 12.3. The fraction of sp³-hybridized carbons (Fsp3) is 1.00. The number of aliphatic hydroxyl groups is 1. The Kier molecular flexibility index (Phi) is 4.54. The first-order valence-electron chi connectivity index (χ1n) is 4.92. The Bertz CT molecular complexity index is 213. The summed E-state index contributed by atoms with van der Waals surface area (Å²) in [6.45, 7) is 4.71. The maximum absolute atomic E-state index is 12.1. The first-order chi connectivity index (χ1) is 6.62. The van der Waals surface area contributed by atoms with Crippen molar-refractivity contribution in [3.8, 4) is 0 Å². The van der Waals surface area contributed by atoms with Crippen LogP contribution < -0.4 is 5.32 Å². The smallest absolute Gasteiger partial charge is 0.347 e. The van der Waals surface area contributed by atoms with Crippen molar-refractivity contribution in [3.05, 3.63) is 0 Å². The fourth-order valence-electron chi connectivity index (χ4n) is 1.51. The van der Waals surface area contributed by atoms with E-state index in [2.05, 4.69) is 5.32 Å². The van der Waals surface area contributed by atoms with Crippen LogP contribution in [0.2, 0.25) is 0 Å². The van der Waals surface area contributed by atoms with E-state index >= 15 is 0 Å². The van der Waals surface area contributed by atoms with Crippen molar-refractivity contribution in [2.75, 3.05) is 19.8 Å². The SMILES string of the molecule is CCOP(=O)(OCC)[C@@H]1C[C@H](O)CN1. The van der Waals surface area contributed by atoms with Gasteiger partial charge in [-0.2, -0.15) is 0 Å². The highest BCUT2D eigenvalue weighted by atomic mass is 31.2. The Morgan fingerprint density at radius 1 is 1.43 bits per heavy atom. The summed E-state index contributed by atoms with van der Waals surface area (Å²) in [5.41, 5.74) is 0. The quantitative estimate of drug-likeness (QED) is 0.679. The van der Waals surface area contributed by atoms with Crippen LogP contribution in [0.25, 0.3) is 0 Å². The van der Waals surface area contributed by atoms with Gasteiger partial charge in [0.25, 0.3) is 0 Å². The first-order valence-corrected chi connectivity index (χ1v) is 6.53. The van der Waals surface area contributed by atoms with Gasteiger partial charge >= 0.3 is 7.60 Å². The van der Waals surface area contributed by atoms with E-state index in [0.717, 1.165) is 0 Å². The van der Waals surface area contributed by atoms with E-state index in [-0.39, 0.29) is 5.78 Å². The molecule has 1 heterocycles. The average molecular weight is 223 g/mol. The van der Waals surface area contributed by atoms with E-state index in [0.29, 0.717) is 26.2 Å². The van der Waals surface area contributed by atoms with Gasteiger partial charge in [-0.3, -0.25) is 4.57 Å². The number of rotatable bonds is 5. The molecular formula is C8H18NO4P. The normalized spacial score (nSPS) is 28.2. The summed E-state index contributed by atoms with van der Waals surface area (Å²) >= 11 is 0. The van der Waals surface area contributed by atoms with Crippen LogP contribution in [0.15, 0.2) is 0 Å². The molecule has 1 rings (SSSR count). The van der Waals surface area contributed by atoms with E-state index in [1.165, 1.54) is 0 Å². The lowest BCUT2D eigenvalue weighted by Crippen LogP contribution is -2.24. The predicted molar refractivity (Wildman–Crippen MR) is 53.3 cm³/mol. The third kappa shape index (κ3) is 2.78. The molecule has 0 radical (unpaired) electrons. The highest BCUT2D eigenvalue weighted by molar-refractivity contribution is 7.54. The van der Waals surface area contributed by atoms with Crippen molar-refractivity contribution in [1.29, 1.82) is 0 Å². The molecule has 0 bridgehead atoms. The lowest BCUT2D eigenvalue weighted by Gasteiger charge is -2.22. The van der Waals surface area contributed by atoms with Crippen LogP contribution in [0.1, 0.15) is 20.3 Å². The molecule has 2 atom stereocenters. The standard InChI is InChI=1S/C8H18NO4P/c1-3-12-14(11,13-4-2)8-5-7(10)6-9-8/h7-10H,3-6H2,1-2H3/t7-,8+/m0/s1. The maximum atomic E-state index is 12.1. The number of aliphatic hydroxyl groups excluding tert-OH is 1. The summed E-state index contributed by atoms with van der Waals surface area (Å²) in [7, 11) is -3.08. The summed E-state index contributed by atoms with van der Waals surface area (Å²) in [4.78, 5) is 0. The van der Waals surface area contributed by atoms with Gasteiger partial charge in [-0.15, -0.1) is 0 Å². The lowest BCUT2D eigenvalue weighted by molar-refractivity contribution is 0.186. The van der Waals surface area contributed by atoms with Crippen molar-refractivity contribution < 1.29 is 18.7 Å². The van der Waals surface area contributed by atoms with E-state index < -0.39 is 13.7 Å². The van der Waals surface area contributed by atoms with E-state index in [1.54, 1.807) is 13.8 Å². The molecule has 2 N–H and O–H groups in total. The van der Waals surface area contributed by atoms with Gasteiger partial charge in [0.15, 0.2) is 0 Å². The summed E-state index contributed by atoms with van der Waals surface area (Å²) in [6, 6.07) is 0. The molecule has 1 fully saturated rings. The minimum absolute atomic E-state index is 0.353. The lowest BCUT2D eigenvalue weighted by atomic mass is 10.3. The first kappa shape index (κ1) is 12.1. The van der Waals surface area contributed by atoms with Crippen molar-refractivity contribution in [2.45, 2.75) is 32.2 Å². The minimum atomic E-state index is -3.08. The average Bonchev–Trinajstić information content (AvgIpc) is 2.53. The fourth-order valence-corrected chi connectivity index (χ4v) is 3.50. The molecule has 0 saturated carbocycles. The minimum Gasteiger partial charge on any atom is -0.392 e. The zero-order valence-corrected chi connectivity index (χ0v) is 9.50. The third-order valence-corrected chi connectivity index (χ3v) is 4.48. The third-order valence-electron chi connectivity index (χ3n) is 2.08. The number of nitrogens with one attached hydrogen (secondary N) is 1. The molecule has 0 aromatic carbocycles. The molecule has 14 heavy (non-hydrogen) atoms. The van der Waals surface area contributed by atoms with Gasteiger partial charge in [-0.25, -0.2) is 0 Å². The van der Waals surface area contributed by atoms with Crippen molar-refractivity contribution in [1.82, 2.24) is 5.32 Å². The van der Waals surface area contributed by atoms with Crippen LogP contribution in [-0.2, 0) is 13.6 Å². The van der Waals surface area contributed by atoms with Crippen LogP contribution in [0.5, 0.6) is 0 Å². The van der Waals surface area contributed by atoms with Crippen LogP contribution in [0.3, 0.4) is 0 Å². The topological polar surface area (TPSA) is 67.8 Å². The molecule has 1 aliphatic heterocycles. The number of hydrogen-bond acceptors (Lipinski definition) is 5. The van der Waals surface area contributed by atoms with E-state index in [4.69, 9.17) is 9.05 Å². The molecule has 0 spiro atoms. The Morgan fingerprint density at radius 2 is 2.00 bits per heavy atom. The second kappa shape index (κ2) is 5.24. The molecule has 84 valence electrons. The molecule has 5 nitrogen and oxygen atoms in total. The highest BCUT2D eigenvalue weighted by Gasteiger charge is 2.40. The summed E-state index contributed by atoms with van der Waals surface area (Å²) in [5.74, 6) is -0.364. The Balaban J connectivity index is 2.62. The molecule has 0 unspecified atom stereocenters. The summed E-state index contributed by atoms with van der Waals surface area (Å²) < 4.78 is 22.5. The predicted octanol–water partition coefficient (Wildman–Crippen LogP) is 0.933. The van der Waals surface area contributed by atoms with Gasteiger partial charge in [-0.05, 0) is 13.8 Å². The van der Waals surface area contributed by atoms with E-state index in [9.17, 15) is 9.67 Å². The number of β-amino-alcohol motifs (C(OH)–C–C–N with tert-alkyl or cyclic N) is 1. The van der Waals surface area contributed by atoms with Gasteiger partial charge in [0, 0.05) is 13.0 Å². The number of hydrogen-bond donors (Lipinski definition) is 2.